The fourth-order valence-corrected chi connectivity index (χ4v) is 3.34. The van der Waals surface area contributed by atoms with Gasteiger partial charge < -0.3 is 4.90 Å². The molecule has 0 atom stereocenters. The second kappa shape index (κ2) is 7.36. The van der Waals surface area contributed by atoms with Crippen molar-refractivity contribution in [2.75, 3.05) is 18.0 Å². The molecule has 2 heterocycles. The average molecular weight is 359 g/mol. The molecule has 1 aliphatic heterocycles. The minimum Gasteiger partial charge on any atom is -0.355 e. The van der Waals surface area contributed by atoms with Crippen LogP contribution in [0.4, 0.5) is 19.0 Å². The maximum absolute atomic E-state index is 12.9. The second-order valence-electron chi connectivity index (χ2n) is 6.80. The molecule has 0 saturated carbocycles. The number of pyridine rings is 1. The van der Waals surface area contributed by atoms with E-state index in [0.717, 1.165) is 25.3 Å². The van der Waals surface area contributed by atoms with Crippen molar-refractivity contribution in [2.45, 2.75) is 32.4 Å². The minimum atomic E-state index is -4.51. The normalized spacial score (nSPS) is 15.7. The SMILES string of the molecule is Cc1ccc(CC2CCN(c3nc(C(F)(F)F)ccc3C#N)CC2)cc1. The Labute approximate surface area is 151 Å². The van der Waals surface area contributed by atoms with Gasteiger partial charge in [-0.15, -0.1) is 0 Å². The topological polar surface area (TPSA) is 39.9 Å². The number of piperidine rings is 1. The Kier molecular flexibility index (Phi) is 5.17. The van der Waals surface area contributed by atoms with Crippen LogP contribution in [-0.2, 0) is 12.6 Å². The van der Waals surface area contributed by atoms with Gasteiger partial charge in [-0.1, -0.05) is 29.8 Å². The summed E-state index contributed by atoms with van der Waals surface area (Å²) in [5.41, 5.74) is 1.75. The van der Waals surface area contributed by atoms with Gasteiger partial charge in [-0.25, -0.2) is 4.98 Å². The van der Waals surface area contributed by atoms with Crippen molar-refractivity contribution in [1.82, 2.24) is 4.98 Å². The molecule has 0 bridgehead atoms. The average Bonchev–Trinajstić information content (AvgIpc) is 2.63. The number of aromatic nitrogens is 1. The lowest BCUT2D eigenvalue weighted by molar-refractivity contribution is -0.141. The fourth-order valence-electron chi connectivity index (χ4n) is 3.34. The van der Waals surface area contributed by atoms with E-state index in [9.17, 15) is 18.4 Å². The number of halogens is 3. The van der Waals surface area contributed by atoms with Crippen LogP contribution in [0, 0.1) is 24.2 Å². The summed E-state index contributed by atoms with van der Waals surface area (Å²) >= 11 is 0. The molecular formula is C20H20F3N3. The first-order valence-corrected chi connectivity index (χ1v) is 8.65. The monoisotopic (exact) mass is 359 g/mol. The summed E-state index contributed by atoms with van der Waals surface area (Å²) in [5.74, 6) is 0.640. The summed E-state index contributed by atoms with van der Waals surface area (Å²) < 4.78 is 38.8. The molecule has 0 N–H and O–H groups in total. The van der Waals surface area contributed by atoms with Crippen molar-refractivity contribution < 1.29 is 13.2 Å². The molecule has 1 fully saturated rings. The van der Waals surface area contributed by atoms with E-state index in [1.54, 1.807) is 4.90 Å². The van der Waals surface area contributed by atoms with E-state index in [1.807, 2.05) is 6.07 Å². The highest BCUT2D eigenvalue weighted by atomic mass is 19.4. The number of aryl methyl sites for hydroxylation is 1. The van der Waals surface area contributed by atoms with E-state index in [-0.39, 0.29) is 11.4 Å². The van der Waals surface area contributed by atoms with Gasteiger partial charge in [-0.2, -0.15) is 18.4 Å². The third-order valence-corrected chi connectivity index (χ3v) is 4.85. The zero-order valence-corrected chi connectivity index (χ0v) is 14.6. The van der Waals surface area contributed by atoms with Crippen molar-refractivity contribution in [1.29, 1.82) is 5.26 Å². The summed E-state index contributed by atoms with van der Waals surface area (Å²) in [7, 11) is 0. The number of rotatable bonds is 3. The number of hydrogen-bond acceptors (Lipinski definition) is 3. The van der Waals surface area contributed by atoms with Crippen LogP contribution >= 0.6 is 0 Å². The molecule has 6 heteroatoms. The highest BCUT2D eigenvalue weighted by molar-refractivity contribution is 5.54. The molecule has 0 spiro atoms. The predicted molar refractivity (Wildman–Crippen MR) is 93.8 cm³/mol. The van der Waals surface area contributed by atoms with E-state index in [2.05, 4.69) is 36.2 Å². The lowest BCUT2D eigenvalue weighted by atomic mass is 9.90. The quantitative estimate of drug-likeness (QED) is 0.795. The lowest BCUT2D eigenvalue weighted by Crippen LogP contribution is -2.35. The van der Waals surface area contributed by atoms with Crippen molar-refractivity contribution in [3.05, 3.63) is 58.8 Å². The van der Waals surface area contributed by atoms with Crippen molar-refractivity contribution in [3.63, 3.8) is 0 Å². The molecule has 2 aromatic rings. The van der Waals surface area contributed by atoms with Gasteiger partial charge in [-0.05, 0) is 49.8 Å². The van der Waals surface area contributed by atoms with Crippen LogP contribution in [-0.4, -0.2) is 18.1 Å². The van der Waals surface area contributed by atoms with E-state index >= 15 is 0 Å². The molecule has 1 aromatic carbocycles. The van der Waals surface area contributed by atoms with Gasteiger partial charge in [0.1, 0.15) is 17.6 Å². The first-order valence-electron chi connectivity index (χ1n) is 8.65. The van der Waals surface area contributed by atoms with Crippen LogP contribution in [0.2, 0.25) is 0 Å². The first-order chi connectivity index (χ1) is 12.4. The smallest absolute Gasteiger partial charge is 0.355 e. The molecule has 0 aliphatic carbocycles. The first kappa shape index (κ1) is 18.2. The molecule has 3 nitrogen and oxygen atoms in total. The summed E-state index contributed by atoms with van der Waals surface area (Å²) in [5, 5.41) is 9.21. The van der Waals surface area contributed by atoms with Crippen molar-refractivity contribution in [2.24, 2.45) is 5.92 Å². The van der Waals surface area contributed by atoms with E-state index in [0.29, 0.717) is 19.0 Å². The molecule has 1 aromatic heterocycles. The molecule has 26 heavy (non-hydrogen) atoms. The lowest BCUT2D eigenvalue weighted by Gasteiger charge is -2.33. The minimum absolute atomic E-state index is 0.149. The van der Waals surface area contributed by atoms with Crippen LogP contribution in [0.15, 0.2) is 36.4 Å². The van der Waals surface area contributed by atoms with Gasteiger partial charge in [0.15, 0.2) is 0 Å². The van der Waals surface area contributed by atoms with Gasteiger partial charge in [0.05, 0.1) is 5.56 Å². The number of benzene rings is 1. The van der Waals surface area contributed by atoms with Crippen LogP contribution in [0.1, 0.15) is 35.2 Å². The number of hydrogen-bond donors (Lipinski definition) is 0. The Hall–Kier alpha value is -2.55. The van der Waals surface area contributed by atoms with Crippen molar-refractivity contribution in [3.8, 4) is 6.07 Å². The highest BCUT2D eigenvalue weighted by Crippen LogP contribution is 2.32. The summed E-state index contributed by atoms with van der Waals surface area (Å²) in [4.78, 5) is 5.54. The molecule has 0 radical (unpaired) electrons. The maximum Gasteiger partial charge on any atom is 0.433 e. The number of nitriles is 1. The van der Waals surface area contributed by atoms with E-state index in [4.69, 9.17) is 0 Å². The number of nitrogens with zero attached hydrogens (tertiary/aromatic N) is 3. The highest BCUT2D eigenvalue weighted by Gasteiger charge is 2.34. The van der Waals surface area contributed by atoms with Crippen LogP contribution in [0.25, 0.3) is 0 Å². The van der Waals surface area contributed by atoms with Gasteiger partial charge in [0, 0.05) is 13.1 Å². The third kappa shape index (κ3) is 4.16. The van der Waals surface area contributed by atoms with Crippen LogP contribution in [0.5, 0.6) is 0 Å². The summed E-state index contributed by atoms with van der Waals surface area (Å²) in [6.45, 7) is 3.27. The van der Waals surface area contributed by atoms with E-state index in [1.165, 1.54) is 17.2 Å². The molecule has 3 rings (SSSR count). The number of anilines is 1. The van der Waals surface area contributed by atoms with Gasteiger partial charge >= 0.3 is 6.18 Å². The van der Waals surface area contributed by atoms with Gasteiger partial charge in [0.25, 0.3) is 0 Å². The molecule has 1 aliphatic rings. The zero-order chi connectivity index (χ0) is 18.7. The van der Waals surface area contributed by atoms with Gasteiger partial charge in [0.2, 0.25) is 0 Å². The Bertz CT molecular complexity index is 799. The molecule has 136 valence electrons. The van der Waals surface area contributed by atoms with Gasteiger partial charge in [-0.3, -0.25) is 0 Å². The number of alkyl halides is 3. The molecule has 0 amide bonds. The van der Waals surface area contributed by atoms with Crippen LogP contribution in [0.3, 0.4) is 0 Å². The molecule has 0 unspecified atom stereocenters. The third-order valence-electron chi connectivity index (χ3n) is 4.85. The Balaban J connectivity index is 1.69. The molecular weight excluding hydrogens is 339 g/mol. The fraction of sp³-hybridized carbons (Fsp3) is 0.400. The predicted octanol–water partition coefficient (Wildman–Crippen LogP) is 4.74. The summed E-state index contributed by atoms with van der Waals surface area (Å²) in [6.07, 6.45) is -1.80. The van der Waals surface area contributed by atoms with Crippen molar-refractivity contribution >= 4 is 5.82 Å². The summed E-state index contributed by atoms with van der Waals surface area (Å²) in [6, 6.07) is 12.5. The zero-order valence-electron chi connectivity index (χ0n) is 14.6. The Morgan fingerprint density at radius 1 is 1.12 bits per heavy atom. The Morgan fingerprint density at radius 3 is 2.35 bits per heavy atom. The second-order valence-corrected chi connectivity index (χ2v) is 6.80. The largest absolute Gasteiger partial charge is 0.433 e. The maximum atomic E-state index is 12.9. The van der Waals surface area contributed by atoms with Crippen LogP contribution < -0.4 is 4.90 Å². The molecule has 1 saturated heterocycles. The van der Waals surface area contributed by atoms with E-state index < -0.39 is 11.9 Å². The standard InChI is InChI=1S/C20H20F3N3/c1-14-2-4-15(5-3-14)12-16-8-10-26(11-9-16)19-17(13-24)6-7-18(25-19)20(21,22)23/h2-7,16H,8-12H2,1H3. The Morgan fingerprint density at radius 2 is 1.77 bits per heavy atom.